The molecule has 0 amide bonds. The SMILES string of the molecule is CCN1CC(CCCB(O)O)[C@](C)(C(=O)O)C1. The van der Waals surface area contributed by atoms with Crippen molar-refractivity contribution in [3.63, 3.8) is 0 Å². The third-order valence-electron chi connectivity index (χ3n) is 3.88. The van der Waals surface area contributed by atoms with E-state index in [0.717, 1.165) is 19.5 Å². The number of rotatable bonds is 6. The minimum Gasteiger partial charge on any atom is -0.481 e. The lowest BCUT2D eigenvalue weighted by Gasteiger charge is -2.25. The summed E-state index contributed by atoms with van der Waals surface area (Å²) in [7, 11) is -1.28. The second kappa shape index (κ2) is 5.84. The van der Waals surface area contributed by atoms with Gasteiger partial charge in [-0.25, -0.2) is 0 Å². The molecule has 6 heteroatoms. The predicted octanol–water partition coefficient (Wildman–Crippen LogP) is 0.282. The van der Waals surface area contributed by atoms with E-state index in [1.165, 1.54) is 0 Å². The summed E-state index contributed by atoms with van der Waals surface area (Å²) in [6, 6.07) is 0. The van der Waals surface area contributed by atoms with Gasteiger partial charge >= 0.3 is 13.1 Å². The molecule has 1 aliphatic rings. The molecule has 0 spiro atoms. The van der Waals surface area contributed by atoms with Crippen LogP contribution in [0.2, 0.25) is 6.32 Å². The second-order valence-corrected chi connectivity index (χ2v) is 5.16. The van der Waals surface area contributed by atoms with E-state index in [4.69, 9.17) is 10.0 Å². The molecule has 1 saturated heterocycles. The van der Waals surface area contributed by atoms with E-state index in [2.05, 4.69) is 4.90 Å². The van der Waals surface area contributed by atoms with Crippen LogP contribution in [0.4, 0.5) is 0 Å². The van der Waals surface area contributed by atoms with E-state index in [1.54, 1.807) is 6.92 Å². The summed E-state index contributed by atoms with van der Waals surface area (Å²) in [5, 5.41) is 26.9. The van der Waals surface area contributed by atoms with Gasteiger partial charge in [-0.15, -0.1) is 0 Å². The molecule has 0 saturated carbocycles. The van der Waals surface area contributed by atoms with Crippen LogP contribution >= 0.6 is 0 Å². The largest absolute Gasteiger partial charge is 0.481 e. The fourth-order valence-corrected chi connectivity index (χ4v) is 2.61. The van der Waals surface area contributed by atoms with Crippen LogP contribution in [0.1, 0.15) is 26.7 Å². The molecule has 1 fully saturated rings. The van der Waals surface area contributed by atoms with Crippen LogP contribution in [0.15, 0.2) is 0 Å². The minimum atomic E-state index is -1.28. The Morgan fingerprint density at radius 1 is 1.53 bits per heavy atom. The molecule has 1 unspecified atom stereocenters. The van der Waals surface area contributed by atoms with Crippen LogP contribution < -0.4 is 0 Å². The molecule has 1 aliphatic heterocycles. The van der Waals surface area contributed by atoms with Gasteiger partial charge in [0.1, 0.15) is 0 Å². The predicted molar refractivity (Wildman–Crippen MR) is 65.6 cm³/mol. The smallest absolute Gasteiger partial charge is 0.451 e. The number of hydrogen-bond acceptors (Lipinski definition) is 4. The molecular weight excluding hydrogens is 221 g/mol. The standard InChI is InChI=1S/C11H22BNO4/c1-3-13-7-9(5-4-6-12(16)17)11(2,8-13)10(14)15/h9,16-17H,3-8H2,1-2H3,(H,14,15)/t9?,11-/m1/s1. The van der Waals surface area contributed by atoms with Gasteiger partial charge in [-0.2, -0.15) is 0 Å². The molecule has 5 nitrogen and oxygen atoms in total. The molecule has 0 aromatic heterocycles. The van der Waals surface area contributed by atoms with Crippen molar-refractivity contribution in [3.05, 3.63) is 0 Å². The summed E-state index contributed by atoms with van der Waals surface area (Å²) in [5.74, 6) is -0.651. The molecule has 1 rings (SSSR count). The number of nitrogens with zero attached hydrogens (tertiary/aromatic N) is 1. The first kappa shape index (κ1) is 14.5. The van der Waals surface area contributed by atoms with Gasteiger partial charge in [0.05, 0.1) is 5.41 Å². The molecular formula is C11H22BNO4. The zero-order chi connectivity index (χ0) is 13.1. The number of likely N-dealkylation sites (tertiary alicyclic amines) is 1. The Bertz CT molecular complexity index is 274. The van der Waals surface area contributed by atoms with Gasteiger partial charge in [-0.3, -0.25) is 4.79 Å². The van der Waals surface area contributed by atoms with Gasteiger partial charge < -0.3 is 20.1 Å². The van der Waals surface area contributed by atoms with Crippen LogP contribution in [0, 0.1) is 11.3 Å². The van der Waals surface area contributed by atoms with Crippen molar-refractivity contribution in [2.75, 3.05) is 19.6 Å². The number of hydrogen-bond donors (Lipinski definition) is 3. The lowest BCUT2D eigenvalue weighted by atomic mass is 9.75. The minimum absolute atomic E-state index is 0.0960. The maximum absolute atomic E-state index is 11.4. The lowest BCUT2D eigenvalue weighted by Crippen LogP contribution is -2.36. The van der Waals surface area contributed by atoms with Crippen molar-refractivity contribution in [2.45, 2.75) is 33.0 Å². The highest BCUT2D eigenvalue weighted by Gasteiger charge is 2.47. The van der Waals surface area contributed by atoms with Crippen molar-refractivity contribution in [1.29, 1.82) is 0 Å². The van der Waals surface area contributed by atoms with Crippen molar-refractivity contribution >= 4 is 13.1 Å². The van der Waals surface area contributed by atoms with E-state index >= 15 is 0 Å². The van der Waals surface area contributed by atoms with Crippen molar-refractivity contribution in [3.8, 4) is 0 Å². The Kier molecular flexibility index (Phi) is 4.97. The third kappa shape index (κ3) is 3.44. The zero-order valence-electron chi connectivity index (χ0n) is 10.6. The van der Waals surface area contributed by atoms with Crippen LogP contribution in [0.5, 0.6) is 0 Å². The maximum atomic E-state index is 11.4. The first-order valence-corrected chi connectivity index (χ1v) is 6.22. The monoisotopic (exact) mass is 243 g/mol. The fourth-order valence-electron chi connectivity index (χ4n) is 2.61. The molecule has 0 aromatic carbocycles. The normalized spacial score (nSPS) is 29.5. The summed E-state index contributed by atoms with van der Waals surface area (Å²) >= 11 is 0. The Hall–Kier alpha value is -0.585. The number of carbonyl (C=O) groups is 1. The molecule has 0 bridgehead atoms. The second-order valence-electron chi connectivity index (χ2n) is 5.16. The van der Waals surface area contributed by atoms with E-state index in [-0.39, 0.29) is 5.92 Å². The number of carboxylic acids is 1. The van der Waals surface area contributed by atoms with Gasteiger partial charge in [0, 0.05) is 13.1 Å². The van der Waals surface area contributed by atoms with Crippen LogP contribution in [-0.2, 0) is 4.79 Å². The number of carboxylic acid groups (broad SMARTS) is 1. The highest BCUT2D eigenvalue weighted by atomic mass is 16.4. The number of aliphatic carboxylic acids is 1. The average Bonchev–Trinajstić information content (AvgIpc) is 2.57. The Balaban J connectivity index is 2.58. The van der Waals surface area contributed by atoms with Crippen LogP contribution in [0.3, 0.4) is 0 Å². The molecule has 98 valence electrons. The van der Waals surface area contributed by atoms with Gasteiger partial charge in [0.2, 0.25) is 0 Å². The van der Waals surface area contributed by atoms with Crippen molar-refractivity contribution < 1.29 is 19.9 Å². The van der Waals surface area contributed by atoms with Gasteiger partial charge in [0.25, 0.3) is 0 Å². The van der Waals surface area contributed by atoms with E-state index in [9.17, 15) is 9.90 Å². The summed E-state index contributed by atoms with van der Waals surface area (Å²) < 4.78 is 0. The lowest BCUT2D eigenvalue weighted by molar-refractivity contribution is -0.149. The van der Waals surface area contributed by atoms with Crippen LogP contribution in [0.25, 0.3) is 0 Å². The Morgan fingerprint density at radius 2 is 2.18 bits per heavy atom. The fraction of sp³-hybridized carbons (Fsp3) is 0.909. The van der Waals surface area contributed by atoms with Crippen LogP contribution in [-0.4, -0.2) is 52.8 Å². The zero-order valence-corrected chi connectivity index (χ0v) is 10.6. The topological polar surface area (TPSA) is 81.0 Å². The highest BCUT2D eigenvalue weighted by molar-refractivity contribution is 6.40. The van der Waals surface area contributed by atoms with E-state index in [1.807, 2.05) is 6.92 Å². The summed E-state index contributed by atoms with van der Waals surface area (Å²) in [5.41, 5.74) is -0.698. The Labute approximate surface area is 103 Å². The van der Waals surface area contributed by atoms with E-state index in [0.29, 0.717) is 19.3 Å². The Morgan fingerprint density at radius 3 is 2.65 bits per heavy atom. The maximum Gasteiger partial charge on any atom is 0.451 e. The highest BCUT2D eigenvalue weighted by Crippen LogP contribution is 2.39. The first-order valence-electron chi connectivity index (χ1n) is 6.22. The van der Waals surface area contributed by atoms with Crippen molar-refractivity contribution in [1.82, 2.24) is 4.90 Å². The average molecular weight is 243 g/mol. The molecule has 0 radical (unpaired) electrons. The quantitative estimate of drug-likeness (QED) is 0.584. The molecule has 0 aromatic rings. The summed E-state index contributed by atoms with van der Waals surface area (Å²) in [6.07, 6.45) is 1.71. The molecule has 17 heavy (non-hydrogen) atoms. The molecule has 1 heterocycles. The summed E-state index contributed by atoms with van der Waals surface area (Å²) in [6.45, 7) is 6.07. The molecule has 2 atom stereocenters. The van der Waals surface area contributed by atoms with Gasteiger partial charge in [0.15, 0.2) is 0 Å². The van der Waals surface area contributed by atoms with Gasteiger partial charge in [-0.05, 0) is 32.1 Å². The van der Waals surface area contributed by atoms with Gasteiger partial charge in [-0.1, -0.05) is 13.3 Å². The molecule has 0 aliphatic carbocycles. The summed E-state index contributed by atoms with van der Waals surface area (Å²) in [4.78, 5) is 13.5. The first-order chi connectivity index (χ1) is 7.90. The van der Waals surface area contributed by atoms with Crippen molar-refractivity contribution in [2.24, 2.45) is 11.3 Å². The molecule has 3 N–H and O–H groups in total. The third-order valence-corrected chi connectivity index (χ3v) is 3.88. The van der Waals surface area contributed by atoms with E-state index < -0.39 is 18.5 Å².